The van der Waals surface area contributed by atoms with Gasteiger partial charge in [0.25, 0.3) is 0 Å². The molecule has 0 saturated carbocycles. The van der Waals surface area contributed by atoms with Gasteiger partial charge >= 0.3 is 0 Å². The second-order valence-corrected chi connectivity index (χ2v) is 3.61. The van der Waals surface area contributed by atoms with Gasteiger partial charge in [-0.05, 0) is 38.8 Å². The number of allylic oxidation sites excluding steroid dienone is 4. The summed E-state index contributed by atoms with van der Waals surface area (Å²) in [7, 11) is 0. The Morgan fingerprint density at radius 2 is 1.80 bits per heavy atom. The summed E-state index contributed by atoms with van der Waals surface area (Å²) in [4.78, 5) is 4.55. The first-order valence-corrected chi connectivity index (χ1v) is 5.24. The number of rotatable bonds is 5. The molecule has 0 aromatic heterocycles. The van der Waals surface area contributed by atoms with Crippen molar-refractivity contribution in [1.29, 1.82) is 0 Å². The van der Waals surface area contributed by atoms with Gasteiger partial charge in [-0.2, -0.15) is 0 Å². The average Bonchev–Trinajstić information content (AvgIpc) is 2.18. The number of hydrogen-bond donors (Lipinski definition) is 0. The molecule has 0 aromatic carbocycles. The quantitative estimate of drug-likeness (QED) is 0.462. The second-order valence-electron chi connectivity index (χ2n) is 3.61. The van der Waals surface area contributed by atoms with Crippen LogP contribution in [0.3, 0.4) is 0 Å². The predicted molar refractivity (Wildman–Crippen MR) is 70.3 cm³/mol. The Bertz CT molecular complexity index is 323. The minimum Gasteiger partial charge on any atom is -0.258 e. The fourth-order valence-corrected chi connectivity index (χ4v) is 1.15. The fourth-order valence-electron chi connectivity index (χ4n) is 1.15. The van der Waals surface area contributed by atoms with Crippen molar-refractivity contribution in [1.82, 2.24) is 0 Å². The second kappa shape index (κ2) is 6.99. The molecule has 1 heteroatoms. The van der Waals surface area contributed by atoms with Crippen LogP contribution in [0.4, 0.5) is 0 Å². The molecule has 0 aliphatic carbocycles. The van der Waals surface area contributed by atoms with E-state index in [-0.39, 0.29) is 0 Å². The van der Waals surface area contributed by atoms with Crippen LogP contribution in [0.2, 0.25) is 0 Å². The molecule has 0 atom stereocenters. The predicted octanol–water partition coefficient (Wildman–Crippen LogP) is 4.45. The maximum absolute atomic E-state index is 4.55. The van der Waals surface area contributed by atoms with E-state index in [0.717, 1.165) is 23.4 Å². The monoisotopic (exact) mass is 203 g/mol. The highest BCUT2D eigenvalue weighted by Gasteiger charge is 2.01. The van der Waals surface area contributed by atoms with E-state index < -0.39 is 0 Å². The van der Waals surface area contributed by atoms with Crippen LogP contribution in [0, 0.1) is 0 Å². The van der Waals surface area contributed by atoms with Crippen molar-refractivity contribution in [3.8, 4) is 0 Å². The molecule has 0 rings (SSSR count). The summed E-state index contributed by atoms with van der Waals surface area (Å²) in [6.45, 7) is 15.8. The maximum atomic E-state index is 4.55. The Morgan fingerprint density at radius 1 is 1.20 bits per heavy atom. The minimum absolute atomic E-state index is 0.944. The molecular formula is C14H21N. The summed E-state index contributed by atoms with van der Waals surface area (Å²) < 4.78 is 0. The first-order chi connectivity index (χ1) is 7.06. The maximum Gasteiger partial charge on any atom is 0.0700 e. The third kappa shape index (κ3) is 4.59. The van der Waals surface area contributed by atoms with Gasteiger partial charge in [0.15, 0.2) is 0 Å². The molecule has 82 valence electrons. The highest BCUT2D eigenvalue weighted by atomic mass is 14.8. The zero-order chi connectivity index (χ0) is 11.8. The summed E-state index contributed by atoms with van der Waals surface area (Å²) in [6, 6.07) is 0. The molecule has 0 unspecified atom stereocenters. The van der Waals surface area contributed by atoms with Gasteiger partial charge in [0.1, 0.15) is 0 Å². The lowest BCUT2D eigenvalue weighted by molar-refractivity contribution is 1.20. The zero-order valence-electron chi connectivity index (χ0n) is 10.3. The summed E-state index contributed by atoms with van der Waals surface area (Å²) in [5, 5.41) is 0. The molecule has 0 heterocycles. The van der Waals surface area contributed by atoms with Gasteiger partial charge in [0.2, 0.25) is 0 Å². The normalized spacial score (nSPS) is 12.3. The fraction of sp³-hybridized carbons (Fsp3) is 0.357. The number of nitrogens with zero attached hydrogens (tertiary/aromatic N) is 1. The lowest BCUT2D eigenvalue weighted by atomic mass is 10.1. The van der Waals surface area contributed by atoms with E-state index in [1.165, 1.54) is 5.57 Å². The average molecular weight is 203 g/mol. The molecular weight excluding hydrogens is 182 g/mol. The first kappa shape index (κ1) is 13.6. The Morgan fingerprint density at radius 3 is 2.13 bits per heavy atom. The van der Waals surface area contributed by atoms with Crippen molar-refractivity contribution >= 4 is 5.71 Å². The van der Waals surface area contributed by atoms with E-state index >= 15 is 0 Å². The molecule has 1 nitrogen and oxygen atoms in total. The van der Waals surface area contributed by atoms with Crippen LogP contribution in [-0.2, 0) is 0 Å². The molecule has 0 spiro atoms. The smallest absolute Gasteiger partial charge is 0.0700 e. The van der Waals surface area contributed by atoms with Crippen LogP contribution in [0.15, 0.2) is 53.2 Å². The highest BCUT2D eigenvalue weighted by Crippen LogP contribution is 2.18. The first-order valence-electron chi connectivity index (χ1n) is 5.24. The molecule has 0 amide bonds. The van der Waals surface area contributed by atoms with E-state index in [4.69, 9.17) is 0 Å². The molecule has 0 aromatic rings. The third-order valence-electron chi connectivity index (χ3n) is 2.12. The van der Waals surface area contributed by atoms with Crippen molar-refractivity contribution in [2.45, 2.75) is 34.1 Å². The van der Waals surface area contributed by atoms with Crippen molar-refractivity contribution in [2.24, 2.45) is 4.99 Å². The highest BCUT2D eigenvalue weighted by molar-refractivity contribution is 5.83. The molecule has 0 aliphatic heterocycles. The van der Waals surface area contributed by atoms with Crippen LogP contribution in [0.25, 0.3) is 0 Å². The van der Waals surface area contributed by atoms with Crippen LogP contribution >= 0.6 is 0 Å². The van der Waals surface area contributed by atoms with E-state index in [1.54, 1.807) is 6.08 Å². The van der Waals surface area contributed by atoms with Gasteiger partial charge in [-0.1, -0.05) is 37.8 Å². The summed E-state index contributed by atoms with van der Waals surface area (Å²) in [6.07, 6.45) is 6.48. The van der Waals surface area contributed by atoms with Gasteiger partial charge in [0.05, 0.1) is 5.70 Å². The van der Waals surface area contributed by atoms with E-state index in [1.807, 2.05) is 19.1 Å². The minimum atomic E-state index is 0.944. The van der Waals surface area contributed by atoms with Crippen LogP contribution < -0.4 is 0 Å². The van der Waals surface area contributed by atoms with Crippen LogP contribution in [0.5, 0.6) is 0 Å². The largest absolute Gasteiger partial charge is 0.258 e. The Hall–Kier alpha value is -1.37. The van der Waals surface area contributed by atoms with E-state index in [0.29, 0.717) is 0 Å². The van der Waals surface area contributed by atoms with Crippen LogP contribution in [-0.4, -0.2) is 5.71 Å². The van der Waals surface area contributed by atoms with Crippen molar-refractivity contribution < 1.29 is 0 Å². The van der Waals surface area contributed by atoms with Gasteiger partial charge in [-0.3, -0.25) is 4.99 Å². The Kier molecular flexibility index (Phi) is 6.35. The summed E-state index contributed by atoms with van der Waals surface area (Å²) in [5.41, 5.74) is 4.36. The molecule has 0 radical (unpaired) electrons. The molecule has 0 N–H and O–H groups in total. The van der Waals surface area contributed by atoms with Crippen LogP contribution in [0.1, 0.15) is 34.1 Å². The Balaban J connectivity index is 5.34. The van der Waals surface area contributed by atoms with Crippen molar-refractivity contribution in [3.05, 3.63) is 48.2 Å². The zero-order valence-corrected chi connectivity index (χ0v) is 10.3. The van der Waals surface area contributed by atoms with E-state index in [9.17, 15) is 0 Å². The molecule has 0 saturated heterocycles. The van der Waals surface area contributed by atoms with Crippen molar-refractivity contribution in [3.63, 3.8) is 0 Å². The lowest BCUT2D eigenvalue weighted by Crippen LogP contribution is -1.93. The van der Waals surface area contributed by atoms with Gasteiger partial charge in [-0.15, -0.1) is 0 Å². The number of aliphatic imine (C=N–C) groups is 1. The van der Waals surface area contributed by atoms with Gasteiger partial charge in [0, 0.05) is 5.71 Å². The lowest BCUT2D eigenvalue weighted by Gasteiger charge is -2.06. The van der Waals surface area contributed by atoms with E-state index in [2.05, 4.69) is 38.9 Å². The number of hydrogen-bond acceptors (Lipinski definition) is 1. The molecule has 0 fully saturated rings. The van der Waals surface area contributed by atoms with Gasteiger partial charge < -0.3 is 0 Å². The molecule has 0 aliphatic rings. The third-order valence-corrected chi connectivity index (χ3v) is 2.12. The summed E-state index contributed by atoms with van der Waals surface area (Å²) in [5.74, 6) is 0. The van der Waals surface area contributed by atoms with Crippen molar-refractivity contribution in [2.75, 3.05) is 0 Å². The SMILES string of the molecule is C=C/C=C(/N=C(C)CC)C(C=C)=C(C)C. The Labute approximate surface area is 93.6 Å². The standard InChI is InChI=1S/C14H21N/c1-7-10-14(15-12(6)8-2)13(9-3)11(4)5/h7,9-10H,1,3,8H2,2,4-6H3/b14-10+,15-12?. The molecule has 0 bridgehead atoms. The van der Waals surface area contributed by atoms with Gasteiger partial charge in [-0.25, -0.2) is 0 Å². The summed E-state index contributed by atoms with van der Waals surface area (Å²) >= 11 is 0. The topological polar surface area (TPSA) is 12.4 Å². The molecule has 15 heavy (non-hydrogen) atoms.